The topological polar surface area (TPSA) is 66.8 Å². The summed E-state index contributed by atoms with van der Waals surface area (Å²) in [5.74, 6) is 0.456. The summed E-state index contributed by atoms with van der Waals surface area (Å²) in [6.07, 6.45) is 7.07. The molecule has 0 bridgehead atoms. The molecule has 0 aliphatic carbocycles. The minimum Gasteiger partial charge on any atom is -0.465 e. The van der Waals surface area contributed by atoms with E-state index in [4.69, 9.17) is 9.73 Å². The lowest BCUT2D eigenvalue weighted by atomic mass is 10.0. The fourth-order valence-corrected chi connectivity index (χ4v) is 3.47. The van der Waals surface area contributed by atoms with Crippen molar-refractivity contribution in [3.63, 3.8) is 0 Å². The Bertz CT molecular complexity index is 995. The highest BCUT2D eigenvalue weighted by Gasteiger charge is 2.22. The molecule has 30 heavy (non-hydrogen) atoms. The third-order valence-electron chi connectivity index (χ3n) is 5.62. The Kier molecular flexibility index (Phi) is 6.87. The van der Waals surface area contributed by atoms with Crippen LogP contribution in [0, 0.1) is 20.8 Å². The molecule has 0 unspecified atom stereocenters. The molecule has 158 valence electrons. The molecule has 6 heteroatoms. The van der Waals surface area contributed by atoms with Gasteiger partial charge < -0.3 is 15.0 Å². The van der Waals surface area contributed by atoms with E-state index in [-0.39, 0.29) is 5.97 Å². The molecule has 1 N–H and O–H groups in total. The first kappa shape index (κ1) is 21.6. The lowest BCUT2D eigenvalue weighted by molar-refractivity contribution is 0.0600. The third-order valence-corrected chi connectivity index (χ3v) is 5.62. The van der Waals surface area contributed by atoms with E-state index in [0.29, 0.717) is 12.1 Å². The minimum absolute atomic E-state index is 0.344. The standard InChI is InChI=1S/C24H30N4O2/c1-6-7-8-11-28-15-20-10-9-19(23(29)30-5)12-21(20)27-24(28)26-14-22-18(4)17(3)16(2)13-25-22/h6-7,9-10,12-13H,8,11,14-15H2,1-5H3,(H,26,27)/b7-6+. The Morgan fingerprint density at radius 3 is 2.83 bits per heavy atom. The molecule has 1 aromatic heterocycles. The number of methoxy groups -OCH3 is 1. The van der Waals surface area contributed by atoms with E-state index in [1.165, 1.54) is 23.8 Å². The van der Waals surface area contributed by atoms with Gasteiger partial charge in [-0.15, -0.1) is 0 Å². The zero-order valence-corrected chi connectivity index (χ0v) is 18.5. The third kappa shape index (κ3) is 4.70. The fraction of sp³-hybridized carbons (Fsp3) is 0.375. The molecule has 2 aromatic rings. The largest absolute Gasteiger partial charge is 0.465 e. The summed E-state index contributed by atoms with van der Waals surface area (Å²) in [4.78, 5) is 23.6. The lowest BCUT2D eigenvalue weighted by Crippen LogP contribution is -2.40. The molecule has 6 nitrogen and oxygen atoms in total. The summed E-state index contributed by atoms with van der Waals surface area (Å²) in [5.41, 5.74) is 7.16. The van der Waals surface area contributed by atoms with E-state index in [0.717, 1.165) is 42.4 Å². The molecular weight excluding hydrogens is 376 g/mol. The van der Waals surface area contributed by atoms with Crippen LogP contribution in [0.5, 0.6) is 0 Å². The number of anilines is 1. The maximum absolute atomic E-state index is 11.9. The number of aryl methyl sites for hydroxylation is 1. The Balaban J connectivity index is 1.90. The highest BCUT2D eigenvalue weighted by Crippen LogP contribution is 2.26. The van der Waals surface area contributed by atoms with Gasteiger partial charge >= 0.3 is 5.97 Å². The van der Waals surface area contributed by atoms with E-state index >= 15 is 0 Å². The number of guanidine groups is 1. The average Bonchev–Trinajstić information content (AvgIpc) is 2.76. The van der Waals surface area contributed by atoms with Crippen LogP contribution >= 0.6 is 0 Å². The van der Waals surface area contributed by atoms with Gasteiger partial charge in [-0.1, -0.05) is 18.2 Å². The monoisotopic (exact) mass is 406 g/mol. The SMILES string of the molecule is C/C=C/CCN1Cc2ccc(C(=O)OC)cc2NC1=NCc1ncc(C)c(C)c1C. The first-order valence-electron chi connectivity index (χ1n) is 10.2. The summed E-state index contributed by atoms with van der Waals surface area (Å²) >= 11 is 0. The second-order valence-corrected chi connectivity index (χ2v) is 7.55. The van der Waals surface area contributed by atoms with Gasteiger partial charge in [-0.25, -0.2) is 9.79 Å². The molecular formula is C24H30N4O2. The van der Waals surface area contributed by atoms with Gasteiger partial charge in [0.05, 0.1) is 24.9 Å². The molecule has 2 heterocycles. The second kappa shape index (κ2) is 9.57. The van der Waals surface area contributed by atoms with Crippen molar-refractivity contribution in [2.24, 2.45) is 4.99 Å². The Labute approximate surface area is 178 Å². The predicted molar refractivity (Wildman–Crippen MR) is 121 cm³/mol. The normalized spacial score (nSPS) is 14.7. The van der Waals surface area contributed by atoms with E-state index in [1.807, 2.05) is 25.3 Å². The number of hydrogen-bond donors (Lipinski definition) is 1. The molecule has 1 aromatic carbocycles. The summed E-state index contributed by atoms with van der Waals surface area (Å²) in [7, 11) is 1.39. The Morgan fingerprint density at radius 1 is 1.30 bits per heavy atom. The quantitative estimate of drug-likeness (QED) is 0.563. The van der Waals surface area contributed by atoms with Crippen molar-refractivity contribution >= 4 is 17.6 Å². The highest BCUT2D eigenvalue weighted by molar-refractivity contribution is 5.98. The predicted octanol–water partition coefficient (Wildman–Crippen LogP) is 4.54. The number of carbonyl (C=O) groups is 1. The van der Waals surface area contributed by atoms with Gasteiger partial charge in [0, 0.05) is 25.0 Å². The van der Waals surface area contributed by atoms with Crippen molar-refractivity contribution in [1.29, 1.82) is 0 Å². The van der Waals surface area contributed by atoms with Crippen LogP contribution in [0.25, 0.3) is 0 Å². The van der Waals surface area contributed by atoms with Crippen molar-refractivity contribution in [2.75, 3.05) is 19.0 Å². The average molecular weight is 407 g/mol. The first-order valence-corrected chi connectivity index (χ1v) is 10.2. The maximum atomic E-state index is 11.9. The van der Waals surface area contributed by atoms with Crippen molar-refractivity contribution in [3.05, 3.63) is 70.1 Å². The number of rotatable bonds is 6. The highest BCUT2D eigenvalue weighted by atomic mass is 16.5. The zero-order chi connectivity index (χ0) is 21.7. The number of pyridine rings is 1. The van der Waals surface area contributed by atoms with E-state index in [2.05, 4.69) is 48.1 Å². The second-order valence-electron chi connectivity index (χ2n) is 7.55. The van der Waals surface area contributed by atoms with E-state index < -0.39 is 0 Å². The number of benzene rings is 1. The molecule has 0 atom stereocenters. The van der Waals surface area contributed by atoms with Gasteiger partial charge in [-0.3, -0.25) is 4.98 Å². The molecule has 0 spiro atoms. The molecule has 3 rings (SSSR count). The van der Waals surface area contributed by atoms with Crippen LogP contribution in [0.3, 0.4) is 0 Å². The number of allylic oxidation sites excluding steroid dienone is 1. The van der Waals surface area contributed by atoms with Crippen molar-refractivity contribution in [3.8, 4) is 0 Å². The van der Waals surface area contributed by atoms with Crippen molar-refractivity contribution in [1.82, 2.24) is 9.88 Å². The molecule has 0 radical (unpaired) electrons. The fourth-order valence-electron chi connectivity index (χ4n) is 3.47. The number of hydrogen-bond acceptors (Lipinski definition) is 4. The van der Waals surface area contributed by atoms with Gasteiger partial charge in [0.15, 0.2) is 5.96 Å². The number of carbonyl (C=O) groups excluding carboxylic acids is 1. The Morgan fingerprint density at radius 2 is 2.10 bits per heavy atom. The number of esters is 1. The number of nitrogens with one attached hydrogen (secondary N) is 1. The summed E-state index contributed by atoms with van der Waals surface area (Å²) < 4.78 is 4.86. The van der Waals surface area contributed by atoms with E-state index in [1.54, 1.807) is 6.07 Å². The summed E-state index contributed by atoms with van der Waals surface area (Å²) in [6.45, 7) is 10.4. The van der Waals surface area contributed by atoms with Crippen molar-refractivity contribution < 1.29 is 9.53 Å². The van der Waals surface area contributed by atoms with Crippen LogP contribution in [0.4, 0.5) is 5.69 Å². The van der Waals surface area contributed by atoms with Gasteiger partial charge in [-0.05, 0) is 68.5 Å². The van der Waals surface area contributed by atoms with Crippen LogP contribution in [0.2, 0.25) is 0 Å². The number of aliphatic imine (C=N–C) groups is 1. The smallest absolute Gasteiger partial charge is 0.337 e. The molecule has 1 aliphatic rings. The van der Waals surface area contributed by atoms with Gasteiger partial charge in [-0.2, -0.15) is 0 Å². The van der Waals surface area contributed by atoms with Crippen LogP contribution in [0.1, 0.15) is 51.7 Å². The van der Waals surface area contributed by atoms with Crippen LogP contribution in [-0.2, 0) is 17.8 Å². The Hall–Kier alpha value is -3.15. The van der Waals surface area contributed by atoms with Crippen LogP contribution in [-0.4, -0.2) is 35.5 Å². The molecule has 1 aliphatic heterocycles. The number of ether oxygens (including phenoxy) is 1. The maximum Gasteiger partial charge on any atom is 0.337 e. The van der Waals surface area contributed by atoms with Crippen LogP contribution in [0.15, 0.2) is 41.5 Å². The minimum atomic E-state index is -0.344. The number of nitrogens with zero attached hydrogens (tertiary/aromatic N) is 3. The molecule has 0 amide bonds. The zero-order valence-electron chi connectivity index (χ0n) is 18.5. The van der Waals surface area contributed by atoms with Gasteiger partial charge in [0.25, 0.3) is 0 Å². The van der Waals surface area contributed by atoms with Gasteiger partial charge in [0.1, 0.15) is 0 Å². The molecule has 0 saturated heterocycles. The first-order chi connectivity index (χ1) is 14.4. The number of aromatic nitrogens is 1. The van der Waals surface area contributed by atoms with E-state index in [9.17, 15) is 4.79 Å². The molecule has 0 saturated carbocycles. The summed E-state index contributed by atoms with van der Waals surface area (Å²) in [6, 6.07) is 5.61. The van der Waals surface area contributed by atoms with Crippen LogP contribution < -0.4 is 5.32 Å². The lowest BCUT2D eigenvalue weighted by Gasteiger charge is -2.33. The van der Waals surface area contributed by atoms with Crippen molar-refractivity contribution in [2.45, 2.75) is 47.2 Å². The molecule has 0 fully saturated rings. The summed E-state index contributed by atoms with van der Waals surface area (Å²) in [5, 5.41) is 3.43. The van der Waals surface area contributed by atoms with Gasteiger partial charge in [0.2, 0.25) is 0 Å². The number of fused-ring (bicyclic) bond motifs is 1.